The minimum atomic E-state index is -0.709. The number of aliphatic carboxylic acids is 1. The highest BCUT2D eigenvalue weighted by atomic mass is 16.5. The zero-order chi connectivity index (χ0) is 15.9. The number of allylic oxidation sites excluding steroid dienone is 1. The maximum absolute atomic E-state index is 11.4. The Morgan fingerprint density at radius 2 is 1.48 bits per heavy atom. The van der Waals surface area contributed by atoms with E-state index in [1.165, 1.54) is 0 Å². The minimum absolute atomic E-state index is 0.127. The number of unbranched alkanes of at least 4 members (excludes halogenated alkanes) is 6. The topological polar surface area (TPSA) is 63.6 Å². The Balaban J connectivity index is 3.23. The molecule has 0 aliphatic carbocycles. The molecule has 0 radical (unpaired) electrons. The first-order chi connectivity index (χ1) is 10.1. The SMILES string of the molecule is BCC(=C)CCC(=O)OCCCCCCCCCC(=O)O. The van der Waals surface area contributed by atoms with Crippen LogP contribution in [0.3, 0.4) is 0 Å². The maximum Gasteiger partial charge on any atom is 0.306 e. The first kappa shape index (κ1) is 19.7. The number of hydrogen-bond acceptors (Lipinski definition) is 3. The Morgan fingerprint density at radius 3 is 2.05 bits per heavy atom. The molecule has 0 aromatic carbocycles. The van der Waals surface area contributed by atoms with Crippen molar-refractivity contribution in [2.24, 2.45) is 0 Å². The molecular weight excluding hydrogens is 267 g/mol. The fourth-order valence-corrected chi connectivity index (χ4v) is 1.98. The quantitative estimate of drug-likeness (QED) is 0.231. The predicted octanol–water partition coefficient (Wildman–Crippen LogP) is 3.12. The van der Waals surface area contributed by atoms with Crippen molar-refractivity contribution in [1.82, 2.24) is 0 Å². The molecule has 0 rings (SSSR count). The summed E-state index contributed by atoms with van der Waals surface area (Å²) in [5.74, 6) is -0.836. The molecular formula is C16H29BO4. The van der Waals surface area contributed by atoms with Crippen LogP contribution in [0.4, 0.5) is 0 Å². The monoisotopic (exact) mass is 296 g/mol. The van der Waals surface area contributed by atoms with Crippen molar-refractivity contribution >= 4 is 19.8 Å². The standard InChI is InChI=1S/C16H29BO4/c1-14(13-17)10-11-16(20)21-12-8-6-4-2-3-5-7-9-15(18)19/h1-13,17H2,(H,18,19). The number of ether oxygens (including phenoxy) is 1. The Hall–Kier alpha value is -1.26. The number of carboxylic acids is 1. The predicted molar refractivity (Wildman–Crippen MR) is 87.3 cm³/mol. The van der Waals surface area contributed by atoms with Gasteiger partial charge < -0.3 is 9.84 Å². The van der Waals surface area contributed by atoms with Gasteiger partial charge in [0.1, 0.15) is 7.85 Å². The van der Waals surface area contributed by atoms with Gasteiger partial charge in [-0.3, -0.25) is 9.59 Å². The van der Waals surface area contributed by atoms with Crippen LogP contribution < -0.4 is 0 Å². The van der Waals surface area contributed by atoms with Crippen LogP contribution >= 0.6 is 0 Å². The van der Waals surface area contributed by atoms with Gasteiger partial charge in [-0.05, 0) is 19.3 Å². The molecule has 0 aliphatic heterocycles. The molecule has 0 bridgehead atoms. The molecule has 5 heteroatoms. The van der Waals surface area contributed by atoms with Crippen LogP contribution in [-0.4, -0.2) is 31.5 Å². The van der Waals surface area contributed by atoms with Crippen LogP contribution in [0.25, 0.3) is 0 Å². The molecule has 4 nitrogen and oxygen atoms in total. The highest BCUT2D eigenvalue weighted by molar-refractivity contribution is 6.10. The van der Waals surface area contributed by atoms with E-state index in [9.17, 15) is 9.59 Å². The summed E-state index contributed by atoms with van der Waals surface area (Å²) >= 11 is 0. The average Bonchev–Trinajstić information content (AvgIpc) is 2.46. The van der Waals surface area contributed by atoms with Crippen LogP contribution in [-0.2, 0) is 14.3 Å². The third-order valence-electron chi connectivity index (χ3n) is 3.48. The van der Waals surface area contributed by atoms with Crippen molar-refractivity contribution in [2.75, 3.05) is 6.61 Å². The Bertz CT molecular complexity index is 315. The number of carbonyl (C=O) groups is 2. The van der Waals surface area contributed by atoms with Gasteiger partial charge in [0, 0.05) is 12.8 Å². The van der Waals surface area contributed by atoms with Gasteiger partial charge in [-0.1, -0.05) is 44.0 Å². The lowest BCUT2D eigenvalue weighted by Crippen LogP contribution is -2.06. The third kappa shape index (κ3) is 15.0. The van der Waals surface area contributed by atoms with Crippen molar-refractivity contribution < 1.29 is 19.4 Å². The second kappa shape index (κ2) is 13.7. The molecule has 0 saturated carbocycles. The van der Waals surface area contributed by atoms with E-state index in [0.717, 1.165) is 63.3 Å². The largest absolute Gasteiger partial charge is 0.481 e. The summed E-state index contributed by atoms with van der Waals surface area (Å²) in [7, 11) is 2.04. The van der Waals surface area contributed by atoms with Crippen LogP contribution in [0, 0.1) is 0 Å². The van der Waals surface area contributed by atoms with Crippen molar-refractivity contribution in [3.05, 3.63) is 12.2 Å². The average molecular weight is 296 g/mol. The van der Waals surface area contributed by atoms with E-state index in [2.05, 4.69) is 6.58 Å². The van der Waals surface area contributed by atoms with Gasteiger partial charge in [-0.25, -0.2) is 0 Å². The zero-order valence-corrected chi connectivity index (χ0v) is 13.4. The van der Waals surface area contributed by atoms with Crippen LogP contribution in [0.15, 0.2) is 12.2 Å². The molecule has 0 heterocycles. The van der Waals surface area contributed by atoms with E-state index >= 15 is 0 Å². The highest BCUT2D eigenvalue weighted by Crippen LogP contribution is 2.09. The van der Waals surface area contributed by atoms with Gasteiger partial charge in [0.2, 0.25) is 0 Å². The van der Waals surface area contributed by atoms with Gasteiger partial charge in [-0.2, -0.15) is 0 Å². The number of rotatable bonds is 14. The minimum Gasteiger partial charge on any atom is -0.481 e. The molecule has 0 unspecified atom stereocenters. The number of esters is 1. The molecule has 0 spiro atoms. The number of carboxylic acid groups (broad SMARTS) is 1. The fraction of sp³-hybridized carbons (Fsp3) is 0.750. The lowest BCUT2D eigenvalue weighted by molar-refractivity contribution is -0.143. The summed E-state index contributed by atoms with van der Waals surface area (Å²) in [6.45, 7) is 4.38. The molecule has 0 aromatic rings. The van der Waals surface area contributed by atoms with E-state index in [-0.39, 0.29) is 12.4 Å². The van der Waals surface area contributed by atoms with E-state index in [1.807, 2.05) is 7.85 Å². The summed E-state index contributed by atoms with van der Waals surface area (Å²) in [5, 5.41) is 8.49. The number of hydrogen-bond donors (Lipinski definition) is 1. The first-order valence-corrected chi connectivity index (χ1v) is 8.10. The summed E-state index contributed by atoms with van der Waals surface area (Å²) in [6, 6.07) is 0. The summed E-state index contributed by atoms with van der Waals surface area (Å²) in [5.41, 5.74) is 1.09. The lowest BCUT2D eigenvalue weighted by Gasteiger charge is -2.05. The van der Waals surface area contributed by atoms with Crippen molar-refractivity contribution in [3.8, 4) is 0 Å². The van der Waals surface area contributed by atoms with Gasteiger partial charge in [0.05, 0.1) is 6.61 Å². The Morgan fingerprint density at radius 1 is 0.905 bits per heavy atom. The third-order valence-corrected chi connectivity index (χ3v) is 3.48. The smallest absolute Gasteiger partial charge is 0.306 e. The highest BCUT2D eigenvalue weighted by Gasteiger charge is 2.03. The van der Waals surface area contributed by atoms with Gasteiger partial charge >= 0.3 is 11.9 Å². The second-order valence-electron chi connectivity index (χ2n) is 5.44. The van der Waals surface area contributed by atoms with Crippen LogP contribution in [0.5, 0.6) is 0 Å². The molecule has 0 saturated heterocycles. The van der Waals surface area contributed by atoms with Gasteiger partial charge in [0.15, 0.2) is 0 Å². The molecule has 120 valence electrons. The summed E-state index contributed by atoms with van der Waals surface area (Å²) < 4.78 is 5.16. The van der Waals surface area contributed by atoms with E-state index in [0.29, 0.717) is 13.0 Å². The second-order valence-corrected chi connectivity index (χ2v) is 5.44. The molecule has 0 fully saturated rings. The zero-order valence-electron chi connectivity index (χ0n) is 13.4. The Kier molecular flexibility index (Phi) is 12.9. The van der Waals surface area contributed by atoms with Crippen molar-refractivity contribution in [2.45, 2.75) is 70.5 Å². The Labute approximate surface area is 129 Å². The number of carbonyl (C=O) groups excluding carboxylic acids is 1. The van der Waals surface area contributed by atoms with E-state index < -0.39 is 5.97 Å². The molecule has 0 amide bonds. The van der Waals surface area contributed by atoms with Crippen molar-refractivity contribution in [1.29, 1.82) is 0 Å². The van der Waals surface area contributed by atoms with E-state index in [1.54, 1.807) is 0 Å². The molecule has 21 heavy (non-hydrogen) atoms. The molecule has 0 aromatic heterocycles. The molecule has 0 atom stereocenters. The maximum atomic E-state index is 11.4. The molecule has 1 N–H and O–H groups in total. The van der Waals surface area contributed by atoms with Crippen LogP contribution in [0.2, 0.25) is 6.32 Å². The molecule has 0 aliphatic rings. The first-order valence-electron chi connectivity index (χ1n) is 8.10. The lowest BCUT2D eigenvalue weighted by atomic mass is 9.95. The van der Waals surface area contributed by atoms with Gasteiger partial charge in [0.25, 0.3) is 0 Å². The normalized spacial score (nSPS) is 10.3. The van der Waals surface area contributed by atoms with Crippen molar-refractivity contribution in [3.63, 3.8) is 0 Å². The van der Waals surface area contributed by atoms with E-state index in [4.69, 9.17) is 9.84 Å². The van der Waals surface area contributed by atoms with Gasteiger partial charge in [-0.15, -0.1) is 6.58 Å². The summed E-state index contributed by atoms with van der Waals surface area (Å²) in [6.07, 6.45) is 9.44. The fourth-order valence-electron chi connectivity index (χ4n) is 1.98. The summed E-state index contributed by atoms with van der Waals surface area (Å²) in [4.78, 5) is 21.7. The van der Waals surface area contributed by atoms with Crippen LogP contribution in [0.1, 0.15) is 64.2 Å².